The monoisotopic (exact) mass is 269 g/mol. The van der Waals surface area contributed by atoms with Crippen molar-refractivity contribution in [2.45, 2.75) is 12.8 Å². The summed E-state index contributed by atoms with van der Waals surface area (Å²) >= 11 is 0. The van der Waals surface area contributed by atoms with E-state index in [2.05, 4.69) is 4.98 Å². The summed E-state index contributed by atoms with van der Waals surface area (Å²) in [5.74, 6) is -0.270. The molecule has 0 unspecified atom stereocenters. The lowest BCUT2D eigenvalue weighted by Crippen LogP contribution is -2.07. The van der Waals surface area contributed by atoms with Crippen molar-refractivity contribution in [3.8, 4) is 11.6 Å². The fourth-order valence-electron chi connectivity index (χ4n) is 1.47. The van der Waals surface area contributed by atoms with Gasteiger partial charge in [-0.1, -0.05) is 12.1 Å². The molecule has 0 aliphatic heterocycles. The molecule has 0 aliphatic rings. The highest BCUT2D eigenvalue weighted by molar-refractivity contribution is 5.38. The van der Waals surface area contributed by atoms with Crippen molar-refractivity contribution in [2.24, 2.45) is 0 Å². The van der Waals surface area contributed by atoms with E-state index in [1.165, 1.54) is 36.5 Å². The van der Waals surface area contributed by atoms with Gasteiger partial charge in [0.15, 0.2) is 0 Å². The number of hydrogen-bond donors (Lipinski definition) is 1. The molecule has 0 atom stereocenters. The number of halogens is 3. The first-order valence-corrected chi connectivity index (χ1v) is 5.40. The molecule has 0 spiro atoms. The largest absolute Gasteiger partial charge is 0.438 e. The van der Waals surface area contributed by atoms with E-state index >= 15 is 0 Å². The number of nitrogens with zero attached hydrogens (tertiary/aromatic N) is 1. The van der Waals surface area contributed by atoms with E-state index in [-0.39, 0.29) is 18.2 Å². The Labute approximate surface area is 107 Å². The second-order valence-corrected chi connectivity index (χ2v) is 3.76. The molecule has 2 aromatic rings. The molecule has 6 heteroatoms. The predicted molar refractivity (Wildman–Crippen MR) is 61.7 cm³/mol. The lowest BCUT2D eigenvalue weighted by molar-refractivity contribution is -0.138. The molecular formula is C13H10F3NO2. The zero-order chi connectivity index (χ0) is 13.9. The quantitative estimate of drug-likeness (QED) is 0.928. The van der Waals surface area contributed by atoms with Gasteiger partial charge in [-0.15, -0.1) is 0 Å². The number of pyridine rings is 1. The Kier molecular flexibility index (Phi) is 3.71. The van der Waals surface area contributed by atoms with E-state index in [4.69, 9.17) is 9.84 Å². The maximum absolute atomic E-state index is 12.7. The molecular weight excluding hydrogens is 259 g/mol. The maximum atomic E-state index is 12.7. The van der Waals surface area contributed by atoms with Crippen LogP contribution >= 0.6 is 0 Å². The van der Waals surface area contributed by atoms with Crippen LogP contribution in [0.25, 0.3) is 0 Å². The maximum Gasteiger partial charge on any atom is 0.419 e. The van der Waals surface area contributed by atoms with E-state index < -0.39 is 11.7 Å². The highest BCUT2D eigenvalue weighted by Gasteiger charge is 2.34. The van der Waals surface area contributed by atoms with Crippen LogP contribution in [0.4, 0.5) is 13.2 Å². The summed E-state index contributed by atoms with van der Waals surface area (Å²) in [6.07, 6.45) is -3.15. The van der Waals surface area contributed by atoms with Crippen molar-refractivity contribution in [2.75, 3.05) is 0 Å². The Morgan fingerprint density at radius 3 is 2.42 bits per heavy atom. The Morgan fingerprint density at radius 1 is 1.11 bits per heavy atom. The average molecular weight is 269 g/mol. The number of rotatable bonds is 3. The SMILES string of the molecule is OCc1ccc(Oc2ccccc2C(F)(F)F)nc1. The van der Waals surface area contributed by atoms with Gasteiger partial charge in [0.25, 0.3) is 0 Å². The van der Waals surface area contributed by atoms with Gasteiger partial charge >= 0.3 is 6.18 Å². The van der Waals surface area contributed by atoms with Gasteiger partial charge in [-0.25, -0.2) is 4.98 Å². The Bertz CT molecular complexity index is 553. The Hall–Kier alpha value is -2.08. The number of para-hydroxylation sites is 1. The zero-order valence-electron chi connectivity index (χ0n) is 9.69. The average Bonchev–Trinajstić information content (AvgIpc) is 2.39. The molecule has 2 rings (SSSR count). The van der Waals surface area contributed by atoms with Crippen molar-refractivity contribution >= 4 is 0 Å². The number of aromatic nitrogens is 1. The van der Waals surface area contributed by atoms with Gasteiger partial charge in [-0.05, 0) is 23.8 Å². The number of benzene rings is 1. The standard InChI is InChI=1S/C13H10F3NO2/c14-13(15,16)10-3-1-2-4-11(10)19-12-6-5-9(8-18)7-17-12/h1-7,18H,8H2. The third-order valence-electron chi connectivity index (χ3n) is 2.39. The number of aliphatic hydroxyl groups is 1. The van der Waals surface area contributed by atoms with E-state index in [1.807, 2.05) is 0 Å². The van der Waals surface area contributed by atoms with Crippen molar-refractivity contribution in [3.05, 3.63) is 53.7 Å². The van der Waals surface area contributed by atoms with Crippen LogP contribution in [-0.2, 0) is 12.8 Å². The van der Waals surface area contributed by atoms with E-state index in [9.17, 15) is 13.2 Å². The second-order valence-electron chi connectivity index (χ2n) is 3.76. The van der Waals surface area contributed by atoms with E-state index in [1.54, 1.807) is 0 Å². The van der Waals surface area contributed by atoms with Crippen LogP contribution in [0.15, 0.2) is 42.6 Å². The van der Waals surface area contributed by atoms with Crippen LogP contribution in [0.2, 0.25) is 0 Å². The smallest absolute Gasteiger partial charge is 0.419 e. The first-order chi connectivity index (χ1) is 9.00. The van der Waals surface area contributed by atoms with Crippen molar-refractivity contribution in [1.29, 1.82) is 0 Å². The molecule has 1 aromatic carbocycles. The van der Waals surface area contributed by atoms with Gasteiger partial charge in [0, 0.05) is 12.3 Å². The summed E-state index contributed by atoms with van der Waals surface area (Å²) in [5.41, 5.74) is -0.306. The molecule has 19 heavy (non-hydrogen) atoms. The molecule has 100 valence electrons. The third kappa shape index (κ3) is 3.23. The molecule has 0 radical (unpaired) electrons. The van der Waals surface area contributed by atoms with Crippen LogP contribution in [-0.4, -0.2) is 10.1 Å². The molecule has 0 saturated heterocycles. The Morgan fingerprint density at radius 2 is 1.84 bits per heavy atom. The van der Waals surface area contributed by atoms with E-state index in [0.29, 0.717) is 5.56 Å². The zero-order valence-corrected chi connectivity index (χ0v) is 9.69. The number of alkyl halides is 3. The van der Waals surface area contributed by atoms with Gasteiger partial charge in [-0.3, -0.25) is 0 Å². The summed E-state index contributed by atoms with van der Waals surface area (Å²) in [6, 6.07) is 7.84. The van der Waals surface area contributed by atoms with Crippen LogP contribution in [0.5, 0.6) is 11.6 Å². The van der Waals surface area contributed by atoms with Crippen LogP contribution < -0.4 is 4.74 Å². The molecule has 0 amide bonds. The highest BCUT2D eigenvalue weighted by Crippen LogP contribution is 2.37. The van der Waals surface area contributed by atoms with Gasteiger partial charge in [0.2, 0.25) is 5.88 Å². The van der Waals surface area contributed by atoms with E-state index in [0.717, 1.165) is 6.07 Å². The van der Waals surface area contributed by atoms with Crippen LogP contribution in [0.1, 0.15) is 11.1 Å². The van der Waals surface area contributed by atoms with Gasteiger partial charge in [0.05, 0.1) is 12.2 Å². The molecule has 0 saturated carbocycles. The Balaban J connectivity index is 2.28. The summed E-state index contributed by atoms with van der Waals surface area (Å²) in [4.78, 5) is 3.82. The fourth-order valence-corrected chi connectivity index (χ4v) is 1.47. The number of ether oxygens (including phenoxy) is 1. The summed E-state index contributed by atoms with van der Waals surface area (Å²) in [5, 5.41) is 8.84. The molecule has 0 aliphatic carbocycles. The van der Waals surface area contributed by atoms with Crippen LogP contribution in [0.3, 0.4) is 0 Å². The van der Waals surface area contributed by atoms with Gasteiger partial charge in [0.1, 0.15) is 5.75 Å². The lowest BCUT2D eigenvalue weighted by atomic mass is 10.2. The predicted octanol–water partition coefficient (Wildman–Crippen LogP) is 3.39. The minimum absolute atomic E-state index is 0.0360. The van der Waals surface area contributed by atoms with Gasteiger partial charge < -0.3 is 9.84 Å². The summed E-state index contributed by atoms with van der Waals surface area (Å²) < 4.78 is 43.3. The topological polar surface area (TPSA) is 42.4 Å². The normalized spacial score (nSPS) is 11.4. The highest BCUT2D eigenvalue weighted by atomic mass is 19.4. The molecule has 1 aromatic heterocycles. The summed E-state index contributed by atoms with van der Waals surface area (Å²) in [6.45, 7) is -0.188. The van der Waals surface area contributed by atoms with Crippen molar-refractivity contribution in [1.82, 2.24) is 4.98 Å². The van der Waals surface area contributed by atoms with Crippen molar-refractivity contribution in [3.63, 3.8) is 0 Å². The second kappa shape index (κ2) is 5.27. The molecule has 0 fully saturated rings. The minimum Gasteiger partial charge on any atom is -0.438 e. The summed E-state index contributed by atoms with van der Waals surface area (Å²) in [7, 11) is 0. The minimum atomic E-state index is -4.48. The first-order valence-electron chi connectivity index (χ1n) is 5.40. The van der Waals surface area contributed by atoms with Crippen LogP contribution in [0, 0.1) is 0 Å². The number of hydrogen-bond acceptors (Lipinski definition) is 3. The molecule has 1 N–H and O–H groups in total. The first kappa shape index (κ1) is 13.4. The fraction of sp³-hybridized carbons (Fsp3) is 0.154. The molecule has 1 heterocycles. The molecule has 3 nitrogen and oxygen atoms in total. The molecule has 0 bridgehead atoms. The third-order valence-corrected chi connectivity index (χ3v) is 2.39. The number of aliphatic hydroxyl groups excluding tert-OH is 1. The van der Waals surface area contributed by atoms with Gasteiger partial charge in [-0.2, -0.15) is 13.2 Å². The van der Waals surface area contributed by atoms with Crippen molar-refractivity contribution < 1.29 is 23.0 Å². The lowest BCUT2D eigenvalue weighted by Gasteiger charge is -2.12.